The SMILES string of the molecule is CSCc1cccc(C(=O)N(C)CC(=O)Nc2ccc(N3CCOCC3)cc2)c1. The number of nitrogens with zero attached hydrogens (tertiary/aromatic N) is 2. The molecule has 1 aliphatic rings. The number of carbonyl (C=O) groups excluding carboxylic acids is 2. The summed E-state index contributed by atoms with van der Waals surface area (Å²) >= 11 is 1.71. The van der Waals surface area contributed by atoms with Gasteiger partial charge in [-0.1, -0.05) is 12.1 Å². The van der Waals surface area contributed by atoms with Crippen molar-refractivity contribution in [2.45, 2.75) is 5.75 Å². The minimum atomic E-state index is -0.222. The zero-order chi connectivity index (χ0) is 20.6. The third kappa shape index (κ3) is 5.98. The van der Waals surface area contributed by atoms with Gasteiger partial charge in [-0.2, -0.15) is 11.8 Å². The van der Waals surface area contributed by atoms with Gasteiger partial charge in [0.1, 0.15) is 0 Å². The van der Waals surface area contributed by atoms with E-state index in [9.17, 15) is 9.59 Å². The highest BCUT2D eigenvalue weighted by atomic mass is 32.2. The molecule has 1 saturated heterocycles. The Kier molecular flexibility index (Phi) is 7.55. The summed E-state index contributed by atoms with van der Waals surface area (Å²) in [5, 5.41) is 2.86. The quantitative estimate of drug-likeness (QED) is 0.756. The van der Waals surface area contributed by atoms with Crippen LogP contribution in [-0.4, -0.2) is 62.9 Å². The zero-order valence-corrected chi connectivity index (χ0v) is 17.7. The van der Waals surface area contributed by atoms with Gasteiger partial charge in [0.15, 0.2) is 0 Å². The highest BCUT2D eigenvalue weighted by molar-refractivity contribution is 7.97. The smallest absolute Gasteiger partial charge is 0.254 e. The summed E-state index contributed by atoms with van der Waals surface area (Å²) in [6.07, 6.45) is 2.03. The maximum atomic E-state index is 12.6. The molecule has 29 heavy (non-hydrogen) atoms. The monoisotopic (exact) mass is 413 g/mol. The van der Waals surface area contributed by atoms with Gasteiger partial charge < -0.3 is 19.9 Å². The highest BCUT2D eigenvalue weighted by Gasteiger charge is 2.16. The average Bonchev–Trinajstić information content (AvgIpc) is 2.74. The maximum Gasteiger partial charge on any atom is 0.254 e. The molecule has 1 fully saturated rings. The fourth-order valence-electron chi connectivity index (χ4n) is 3.25. The Morgan fingerprint density at radius 1 is 1.14 bits per heavy atom. The fraction of sp³-hybridized carbons (Fsp3) is 0.364. The van der Waals surface area contributed by atoms with E-state index in [0.717, 1.165) is 49.0 Å². The van der Waals surface area contributed by atoms with Crippen LogP contribution in [0.2, 0.25) is 0 Å². The van der Waals surface area contributed by atoms with Crippen molar-refractivity contribution in [1.82, 2.24) is 4.90 Å². The van der Waals surface area contributed by atoms with Gasteiger partial charge in [-0.25, -0.2) is 0 Å². The Morgan fingerprint density at radius 3 is 2.55 bits per heavy atom. The number of amides is 2. The number of rotatable bonds is 7. The number of benzene rings is 2. The van der Waals surface area contributed by atoms with Gasteiger partial charge in [-0.3, -0.25) is 9.59 Å². The molecule has 7 heteroatoms. The molecule has 0 unspecified atom stereocenters. The summed E-state index contributed by atoms with van der Waals surface area (Å²) < 4.78 is 5.37. The van der Waals surface area contributed by atoms with Gasteiger partial charge in [0.05, 0.1) is 19.8 Å². The van der Waals surface area contributed by atoms with Crippen molar-refractivity contribution in [3.05, 3.63) is 59.7 Å². The van der Waals surface area contributed by atoms with E-state index >= 15 is 0 Å². The average molecular weight is 414 g/mol. The van der Waals surface area contributed by atoms with Gasteiger partial charge in [0, 0.05) is 42.8 Å². The van der Waals surface area contributed by atoms with Crippen LogP contribution in [0.15, 0.2) is 48.5 Å². The predicted molar refractivity (Wildman–Crippen MR) is 119 cm³/mol. The fourth-order valence-corrected chi connectivity index (χ4v) is 3.76. The van der Waals surface area contributed by atoms with Crippen LogP contribution in [0.3, 0.4) is 0 Å². The first-order valence-electron chi connectivity index (χ1n) is 9.63. The highest BCUT2D eigenvalue weighted by Crippen LogP contribution is 2.19. The van der Waals surface area contributed by atoms with Crippen molar-refractivity contribution < 1.29 is 14.3 Å². The number of nitrogens with one attached hydrogen (secondary N) is 1. The zero-order valence-electron chi connectivity index (χ0n) is 16.9. The van der Waals surface area contributed by atoms with Gasteiger partial charge in [0.2, 0.25) is 5.91 Å². The second kappa shape index (κ2) is 10.3. The summed E-state index contributed by atoms with van der Waals surface area (Å²) in [4.78, 5) is 28.7. The number of morpholine rings is 1. The van der Waals surface area contributed by atoms with E-state index in [1.807, 2.05) is 48.7 Å². The first kappa shape index (κ1) is 21.2. The Labute approximate surface area is 176 Å². The lowest BCUT2D eigenvalue weighted by atomic mass is 10.1. The molecule has 1 aliphatic heterocycles. The molecule has 2 aromatic rings. The van der Waals surface area contributed by atoms with E-state index in [0.29, 0.717) is 5.56 Å². The molecule has 0 radical (unpaired) electrons. The van der Waals surface area contributed by atoms with Crippen LogP contribution in [0.25, 0.3) is 0 Å². The van der Waals surface area contributed by atoms with E-state index < -0.39 is 0 Å². The van der Waals surface area contributed by atoms with Crippen molar-refractivity contribution in [3.8, 4) is 0 Å². The predicted octanol–water partition coefficient (Wildman–Crippen LogP) is 3.10. The second-order valence-corrected chi connectivity index (χ2v) is 7.86. The number of thioether (sulfide) groups is 1. The largest absolute Gasteiger partial charge is 0.378 e. The second-order valence-electron chi connectivity index (χ2n) is 6.99. The first-order valence-corrected chi connectivity index (χ1v) is 11.0. The lowest BCUT2D eigenvalue weighted by Crippen LogP contribution is -2.36. The Bertz CT molecular complexity index is 835. The van der Waals surface area contributed by atoms with Crippen LogP contribution < -0.4 is 10.2 Å². The molecule has 154 valence electrons. The topological polar surface area (TPSA) is 61.9 Å². The standard InChI is InChI=1S/C22H27N3O3S/c1-24(22(27)18-5-3-4-17(14-18)16-29-2)15-21(26)23-19-6-8-20(9-7-19)25-10-12-28-13-11-25/h3-9,14H,10-13,15-16H2,1-2H3,(H,23,26). The molecule has 1 heterocycles. The molecule has 6 nitrogen and oxygen atoms in total. The third-order valence-corrected chi connectivity index (χ3v) is 5.36. The normalized spacial score (nSPS) is 13.8. The molecule has 0 spiro atoms. The summed E-state index contributed by atoms with van der Waals surface area (Å²) in [5.74, 6) is 0.470. The molecule has 0 aromatic heterocycles. The van der Waals surface area contributed by atoms with Crippen LogP contribution in [0.4, 0.5) is 11.4 Å². The lowest BCUT2D eigenvalue weighted by Gasteiger charge is -2.28. The number of hydrogen-bond donors (Lipinski definition) is 1. The Hall–Kier alpha value is -2.51. The summed E-state index contributed by atoms with van der Waals surface area (Å²) in [6, 6.07) is 15.3. The summed E-state index contributed by atoms with van der Waals surface area (Å²) in [5.41, 5.74) is 3.53. The van der Waals surface area contributed by atoms with E-state index in [1.54, 1.807) is 24.9 Å². The van der Waals surface area contributed by atoms with Gasteiger partial charge in [0.25, 0.3) is 5.91 Å². The van der Waals surface area contributed by atoms with Crippen LogP contribution in [0.1, 0.15) is 15.9 Å². The number of hydrogen-bond acceptors (Lipinski definition) is 5. The molecule has 3 rings (SSSR count). The van der Waals surface area contributed by atoms with Crippen LogP contribution in [0.5, 0.6) is 0 Å². The maximum absolute atomic E-state index is 12.6. The number of likely N-dealkylation sites (N-methyl/N-ethyl adjacent to an activating group) is 1. The van der Waals surface area contributed by atoms with Crippen LogP contribution in [0, 0.1) is 0 Å². The van der Waals surface area contributed by atoms with Crippen molar-refractivity contribution in [3.63, 3.8) is 0 Å². The van der Waals surface area contributed by atoms with Crippen molar-refractivity contribution >= 4 is 35.0 Å². The number of ether oxygens (including phenoxy) is 1. The lowest BCUT2D eigenvalue weighted by molar-refractivity contribution is -0.116. The molecule has 1 N–H and O–H groups in total. The molecular formula is C22H27N3O3S. The molecule has 0 bridgehead atoms. The number of anilines is 2. The van der Waals surface area contributed by atoms with Crippen LogP contribution >= 0.6 is 11.8 Å². The van der Waals surface area contributed by atoms with E-state index in [4.69, 9.17) is 4.74 Å². The molecule has 0 aliphatic carbocycles. The molecule has 2 amide bonds. The van der Waals surface area contributed by atoms with E-state index in [2.05, 4.69) is 10.2 Å². The van der Waals surface area contributed by atoms with Crippen molar-refractivity contribution in [2.75, 3.05) is 56.4 Å². The first-order chi connectivity index (χ1) is 14.1. The van der Waals surface area contributed by atoms with Gasteiger partial charge >= 0.3 is 0 Å². The minimum Gasteiger partial charge on any atom is -0.378 e. The molecule has 2 aromatic carbocycles. The Balaban J connectivity index is 1.54. The molecule has 0 atom stereocenters. The number of carbonyl (C=O) groups is 2. The van der Waals surface area contributed by atoms with E-state index in [-0.39, 0.29) is 18.4 Å². The summed E-state index contributed by atoms with van der Waals surface area (Å²) in [6.45, 7) is 3.21. The van der Waals surface area contributed by atoms with Gasteiger partial charge in [-0.05, 0) is 48.2 Å². The Morgan fingerprint density at radius 2 is 1.86 bits per heavy atom. The third-order valence-electron chi connectivity index (χ3n) is 4.74. The molecular weight excluding hydrogens is 386 g/mol. The minimum absolute atomic E-state index is 0.00317. The van der Waals surface area contributed by atoms with Crippen molar-refractivity contribution in [1.29, 1.82) is 0 Å². The van der Waals surface area contributed by atoms with Crippen LogP contribution in [-0.2, 0) is 15.3 Å². The van der Waals surface area contributed by atoms with Gasteiger partial charge in [-0.15, -0.1) is 0 Å². The van der Waals surface area contributed by atoms with E-state index in [1.165, 1.54) is 4.90 Å². The summed E-state index contributed by atoms with van der Waals surface area (Å²) in [7, 11) is 1.64. The molecule has 0 saturated carbocycles. The van der Waals surface area contributed by atoms with Crippen molar-refractivity contribution in [2.24, 2.45) is 0 Å².